The van der Waals surface area contributed by atoms with Crippen molar-refractivity contribution in [3.63, 3.8) is 0 Å². The van der Waals surface area contributed by atoms with Crippen molar-refractivity contribution in [2.75, 3.05) is 11.9 Å². The molecule has 146 valence electrons. The zero-order valence-electron chi connectivity index (χ0n) is 15.6. The van der Waals surface area contributed by atoms with Crippen LogP contribution in [0, 0.1) is 17.0 Å². The second-order valence-electron chi connectivity index (χ2n) is 6.13. The maximum atomic E-state index is 12.2. The summed E-state index contributed by atoms with van der Waals surface area (Å²) in [5, 5.41) is 13.5. The predicted octanol–water partition coefficient (Wildman–Crippen LogP) is 3.68. The predicted molar refractivity (Wildman–Crippen MR) is 102 cm³/mol. The summed E-state index contributed by atoms with van der Waals surface area (Å²) in [5.74, 6) is -1.25. The third kappa shape index (κ3) is 5.47. The van der Waals surface area contributed by atoms with Crippen LogP contribution in [0.4, 0.5) is 11.4 Å². The van der Waals surface area contributed by atoms with Crippen LogP contribution in [-0.4, -0.2) is 29.2 Å². The lowest BCUT2D eigenvalue weighted by Crippen LogP contribution is -2.15. The van der Waals surface area contributed by atoms with Crippen LogP contribution in [-0.2, 0) is 9.53 Å². The summed E-state index contributed by atoms with van der Waals surface area (Å²) >= 11 is 0. The molecule has 8 nitrogen and oxygen atoms in total. The van der Waals surface area contributed by atoms with Crippen molar-refractivity contribution >= 4 is 29.0 Å². The Bertz CT molecular complexity index is 905. The Morgan fingerprint density at radius 1 is 1.07 bits per heavy atom. The highest BCUT2D eigenvalue weighted by Crippen LogP contribution is 2.19. The van der Waals surface area contributed by atoms with Crippen LogP contribution >= 0.6 is 0 Å². The molecule has 0 unspecified atom stereocenters. The van der Waals surface area contributed by atoms with Crippen molar-refractivity contribution in [3.05, 3.63) is 69.3 Å². The minimum absolute atomic E-state index is 0.0984. The molecule has 1 N–H and O–H groups in total. The van der Waals surface area contributed by atoms with Crippen molar-refractivity contribution in [2.45, 2.75) is 26.7 Å². The summed E-state index contributed by atoms with van der Waals surface area (Å²) in [6, 6.07) is 10.1. The number of nitro groups is 1. The number of esters is 1. The average Bonchev–Trinajstić information content (AvgIpc) is 2.66. The number of hydrogen-bond donors (Lipinski definition) is 1. The maximum absolute atomic E-state index is 12.2. The molecule has 0 aliphatic rings. The van der Waals surface area contributed by atoms with Gasteiger partial charge in [0.1, 0.15) is 0 Å². The summed E-state index contributed by atoms with van der Waals surface area (Å²) in [5.41, 5.74) is 1.27. The van der Waals surface area contributed by atoms with E-state index in [1.165, 1.54) is 37.3 Å². The van der Waals surface area contributed by atoms with Crippen LogP contribution in [0.15, 0.2) is 42.5 Å². The first kappa shape index (κ1) is 20.8. The molecule has 0 fully saturated rings. The van der Waals surface area contributed by atoms with Crippen LogP contribution < -0.4 is 5.32 Å². The molecular formula is C20H20N2O6. The Labute approximate surface area is 161 Å². The van der Waals surface area contributed by atoms with Gasteiger partial charge in [-0.15, -0.1) is 0 Å². The van der Waals surface area contributed by atoms with Gasteiger partial charge in [0.25, 0.3) is 5.69 Å². The summed E-state index contributed by atoms with van der Waals surface area (Å²) in [4.78, 5) is 46.1. The molecule has 0 spiro atoms. The van der Waals surface area contributed by atoms with E-state index in [9.17, 15) is 24.5 Å². The molecule has 0 aromatic heterocycles. The fraction of sp³-hybridized carbons (Fsp3) is 0.250. The number of nitrogens with one attached hydrogen (secondary N) is 1. The van der Waals surface area contributed by atoms with Gasteiger partial charge < -0.3 is 10.1 Å². The molecule has 0 saturated carbocycles. The highest BCUT2D eigenvalue weighted by Gasteiger charge is 2.16. The number of nitro benzene ring substituents is 1. The molecule has 0 saturated heterocycles. The fourth-order valence-corrected chi connectivity index (χ4v) is 2.48. The quantitative estimate of drug-likeness (QED) is 0.321. The van der Waals surface area contributed by atoms with E-state index in [0.29, 0.717) is 23.2 Å². The Morgan fingerprint density at radius 3 is 2.29 bits per heavy atom. The third-order valence-electron chi connectivity index (χ3n) is 3.93. The molecule has 2 aromatic rings. The van der Waals surface area contributed by atoms with Gasteiger partial charge in [0.15, 0.2) is 12.4 Å². The van der Waals surface area contributed by atoms with Crippen molar-refractivity contribution in [1.29, 1.82) is 0 Å². The maximum Gasteiger partial charge on any atom is 0.338 e. The van der Waals surface area contributed by atoms with Gasteiger partial charge in [-0.3, -0.25) is 19.7 Å². The van der Waals surface area contributed by atoms with Crippen LogP contribution in [0.1, 0.15) is 46.0 Å². The van der Waals surface area contributed by atoms with E-state index in [4.69, 9.17) is 4.74 Å². The number of rotatable bonds is 8. The normalized spacial score (nSPS) is 10.2. The molecule has 0 atom stereocenters. The van der Waals surface area contributed by atoms with E-state index in [0.717, 1.165) is 6.42 Å². The van der Waals surface area contributed by atoms with E-state index in [1.54, 1.807) is 12.1 Å². The molecule has 0 radical (unpaired) electrons. The minimum atomic E-state index is -0.741. The first-order valence-corrected chi connectivity index (χ1v) is 8.67. The topological polar surface area (TPSA) is 116 Å². The number of anilines is 1. The third-order valence-corrected chi connectivity index (χ3v) is 3.93. The van der Waals surface area contributed by atoms with Crippen molar-refractivity contribution in [3.8, 4) is 0 Å². The van der Waals surface area contributed by atoms with E-state index in [2.05, 4.69) is 5.32 Å². The summed E-state index contributed by atoms with van der Waals surface area (Å²) in [7, 11) is 0. The number of amides is 1. The zero-order valence-corrected chi connectivity index (χ0v) is 15.6. The molecule has 2 aromatic carbocycles. The van der Waals surface area contributed by atoms with Crippen molar-refractivity contribution < 1.29 is 24.0 Å². The molecule has 0 aliphatic heterocycles. The van der Waals surface area contributed by atoms with Gasteiger partial charge in [0.05, 0.1) is 10.5 Å². The van der Waals surface area contributed by atoms with Gasteiger partial charge in [-0.2, -0.15) is 0 Å². The van der Waals surface area contributed by atoms with Crippen LogP contribution in [0.3, 0.4) is 0 Å². The first-order valence-electron chi connectivity index (χ1n) is 8.67. The second kappa shape index (κ2) is 9.40. The molecule has 8 heteroatoms. The van der Waals surface area contributed by atoms with E-state index < -0.39 is 23.3 Å². The van der Waals surface area contributed by atoms with E-state index >= 15 is 0 Å². The lowest BCUT2D eigenvalue weighted by atomic mass is 10.1. The molecule has 0 heterocycles. The standard InChI is InChI=1S/C20H20N2O6/c1-3-4-19(24)21-16-8-5-14(6-9-16)18(23)12-28-20(25)15-7-10-17(22(26)27)13(2)11-15/h5-11H,3-4,12H2,1-2H3,(H,21,24). The van der Waals surface area contributed by atoms with Gasteiger partial charge in [-0.25, -0.2) is 4.79 Å². The minimum Gasteiger partial charge on any atom is -0.454 e. The molecular weight excluding hydrogens is 364 g/mol. The van der Waals surface area contributed by atoms with Gasteiger partial charge in [0, 0.05) is 29.3 Å². The monoisotopic (exact) mass is 384 g/mol. The lowest BCUT2D eigenvalue weighted by Gasteiger charge is -2.07. The molecule has 0 aliphatic carbocycles. The number of aryl methyl sites for hydroxylation is 1. The summed E-state index contributed by atoms with van der Waals surface area (Å²) in [6.45, 7) is 2.96. The van der Waals surface area contributed by atoms with Gasteiger partial charge >= 0.3 is 5.97 Å². The number of benzene rings is 2. The largest absolute Gasteiger partial charge is 0.454 e. The molecule has 28 heavy (non-hydrogen) atoms. The SMILES string of the molecule is CCCC(=O)Nc1ccc(C(=O)COC(=O)c2ccc([N+](=O)[O-])c(C)c2)cc1. The number of Topliss-reactive ketones (excluding diaryl/α,β-unsaturated/α-hetero) is 1. The number of hydrogen-bond acceptors (Lipinski definition) is 6. The van der Waals surface area contributed by atoms with Gasteiger partial charge in [-0.05, 0) is 49.7 Å². The lowest BCUT2D eigenvalue weighted by molar-refractivity contribution is -0.385. The summed E-state index contributed by atoms with van der Waals surface area (Å²) in [6.07, 6.45) is 1.15. The average molecular weight is 384 g/mol. The number of ketones is 1. The Hall–Kier alpha value is -3.55. The van der Waals surface area contributed by atoms with Gasteiger partial charge in [-0.1, -0.05) is 6.92 Å². The Kier molecular flexibility index (Phi) is 6.97. The summed E-state index contributed by atoms with van der Waals surface area (Å²) < 4.78 is 5.00. The van der Waals surface area contributed by atoms with Crippen LogP contribution in [0.25, 0.3) is 0 Å². The molecule has 2 rings (SSSR count). The zero-order chi connectivity index (χ0) is 20.7. The Morgan fingerprint density at radius 2 is 1.71 bits per heavy atom. The fourth-order valence-electron chi connectivity index (χ4n) is 2.48. The van der Waals surface area contributed by atoms with Crippen molar-refractivity contribution in [1.82, 2.24) is 0 Å². The van der Waals surface area contributed by atoms with Crippen LogP contribution in [0.2, 0.25) is 0 Å². The highest BCUT2D eigenvalue weighted by molar-refractivity contribution is 6.00. The number of carbonyl (C=O) groups excluding carboxylic acids is 3. The first-order chi connectivity index (χ1) is 13.3. The smallest absolute Gasteiger partial charge is 0.338 e. The number of ether oxygens (including phenoxy) is 1. The van der Waals surface area contributed by atoms with E-state index in [-0.39, 0.29) is 17.2 Å². The molecule has 0 bridgehead atoms. The van der Waals surface area contributed by atoms with E-state index in [1.807, 2.05) is 6.92 Å². The number of carbonyl (C=O) groups is 3. The van der Waals surface area contributed by atoms with Crippen LogP contribution in [0.5, 0.6) is 0 Å². The van der Waals surface area contributed by atoms with Gasteiger partial charge in [0.2, 0.25) is 5.91 Å². The number of nitrogens with zero attached hydrogens (tertiary/aromatic N) is 1. The Balaban J connectivity index is 1.94. The van der Waals surface area contributed by atoms with Crippen molar-refractivity contribution in [2.24, 2.45) is 0 Å². The second-order valence-corrected chi connectivity index (χ2v) is 6.13. The highest BCUT2D eigenvalue weighted by atomic mass is 16.6. The molecule has 1 amide bonds.